The van der Waals surface area contributed by atoms with Crippen LogP contribution in [0.25, 0.3) is 23.5 Å². The predicted molar refractivity (Wildman–Crippen MR) is 121 cm³/mol. The quantitative estimate of drug-likeness (QED) is 0.219. The van der Waals surface area contributed by atoms with Gasteiger partial charge in [0.15, 0.2) is 0 Å². The molecule has 0 aliphatic rings. The molecule has 0 spiro atoms. The average Bonchev–Trinajstić information content (AvgIpc) is 3.27. The molecule has 1 aromatic heterocycles. The number of carbonyl (C=O) groups excluding carboxylic acids is 2. The van der Waals surface area contributed by atoms with Crippen LogP contribution in [-0.2, 0) is 15.8 Å². The monoisotopic (exact) mass is 468 g/mol. The number of hydrogen-bond donors (Lipinski definition) is 0. The number of ether oxygens (including phenoxy) is 2. The van der Waals surface area contributed by atoms with Crippen molar-refractivity contribution in [1.29, 1.82) is 0 Å². The van der Waals surface area contributed by atoms with Gasteiger partial charge in [0, 0.05) is 17.2 Å². The molecular weight excluding hydrogens is 449 g/mol. The van der Waals surface area contributed by atoms with Crippen LogP contribution in [0.2, 0.25) is 0 Å². The van der Waals surface area contributed by atoms with Crippen molar-refractivity contribution >= 4 is 24.1 Å². The van der Waals surface area contributed by atoms with Crippen molar-refractivity contribution in [2.24, 2.45) is 0 Å². The summed E-state index contributed by atoms with van der Waals surface area (Å²) in [4.78, 5) is 22.9. The number of benzene rings is 2. The Morgan fingerprint density at radius 2 is 1.68 bits per heavy atom. The number of hydrogen-bond acceptors (Lipinski definition) is 5. The van der Waals surface area contributed by atoms with E-state index in [4.69, 9.17) is 9.15 Å². The molecule has 0 N–H and O–H groups in total. The summed E-state index contributed by atoms with van der Waals surface area (Å²) in [6.45, 7) is 8.24. The minimum Gasteiger partial charge on any atom is -0.457 e. The second kappa shape index (κ2) is 10.1. The van der Waals surface area contributed by atoms with Gasteiger partial charge in [0.2, 0.25) is 0 Å². The normalized spacial score (nSPS) is 11.3. The lowest BCUT2D eigenvalue weighted by Crippen LogP contribution is -2.12. The minimum atomic E-state index is -4.72. The van der Waals surface area contributed by atoms with E-state index < -0.39 is 29.4 Å². The molecule has 0 amide bonds. The van der Waals surface area contributed by atoms with E-state index in [0.29, 0.717) is 22.8 Å². The summed E-state index contributed by atoms with van der Waals surface area (Å²) in [5, 5.41) is 0. The molecule has 2 aromatic carbocycles. The lowest BCUT2D eigenvalue weighted by atomic mass is 10.1. The SMILES string of the molecule is C=CC(=O)Oc1ccc(C=Cc2ccc(-c3ccc(OC(=O)C(=C)C)cc3)o2)cc1C(F)(F)F. The van der Waals surface area contributed by atoms with Crippen LogP contribution in [0.4, 0.5) is 13.2 Å². The molecule has 0 unspecified atom stereocenters. The number of alkyl halides is 3. The Morgan fingerprint density at radius 3 is 2.29 bits per heavy atom. The maximum atomic E-state index is 13.4. The molecule has 0 radical (unpaired) electrons. The van der Waals surface area contributed by atoms with Crippen LogP contribution in [0.3, 0.4) is 0 Å². The summed E-state index contributed by atoms with van der Waals surface area (Å²) in [6, 6.07) is 13.3. The number of rotatable bonds is 7. The first-order valence-electron chi connectivity index (χ1n) is 9.88. The van der Waals surface area contributed by atoms with Crippen LogP contribution in [0.5, 0.6) is 11.5 Å². The van der Waals surface area contributed by atoms with Crippen LogP contribution in [0.1, 0.15) is 23.8 Å². The van der Waals surface area contributed by atoms with E-state index in [1.165, 1.54) is 18.2 Å². The van der Waals surface area contributed by atoms with Crippen molar-refractivity contribution in [3.8, 4) is 22.8 Å². The maximum Gasteiger partial charge on any atom is 0.420 e. The largest absolute Gasteiger partial charge is 0.457 e. The Bertz CT molecular complexity index is 1260. The molecule has 8 heteroatoms. The number of carbonyl (C=O) groups is 2. The summed E-state index contributed by atoms with van der Waals surface area (Å²) < 4.78 is 55.7. The van der Waals surface area contributed by atoms with Crippen LogP contribution >= 0.6 is 0 Å². The van der Waals surface area contributed by atoms with Gasteiger partial charge >= 0.3 is 18.1 Å². The van der Waals surface area contributed by atoms with Crippen LogP contribution < -0.4 is 9.47 Å². The highest BCUT2D eigenvalue weighted by molar-refractivity contribution is 5.88. The Kier molecular flexibility index (Phi) is 7.21. The van der Waals surface area contributed by atoms with Crippen molar-refractivity contribution in [1.82, 2.24) is 0 Å². The van der Waals surface area contributed by atoms with Crippen LogP contribution in [0.15, 0.2) is 83.8 Å². The second-order valence-corrected chi connectivity index (χ2v) is 7.11. The maximum absolute atomic E-state index is 13.4. The number of halogens is 3. The van der Waals surface area contributed by atoms with Gasteiger partial charge in [0.25, 0.3) is 0 Å². The molecule has 0 aliphatic carbocycles. The zero-order valence-corrected chi connectivity index (χ0v) is 18.0. The smallest absolute Gasteiger partial charge is 0.420 e. The van der Waals surface area contributed by atoms with Gasteiger partial charge in [-0.2, -0.15) is 13.2 Å². The molecule has 5 nitrogen and oxygen atoms in total. The van der Waals surface area contributed by atoms with Gasteiger partial charge in [-0.1, -0.05) is 25.3 Å². The van der Waals surface area contributed by atoms with E-state index in [-0.39, 0.29) is 11.1 Å². The molecule has 0 atom stereocenters. The van der Waals surface area contributed by atoms with E-state index in [1.54, 1.807) is 43.3 Å². The van der Waals surface area contributed by atoms with Crippen molar-refractivity contribution in [2.75, 3.05) is 0 Å². The Labute approximate surface area is 193 Å². The summed E-state index contributed by atoms with van der Waals surface area (Å²) >= 11 is 0. The number of furan rings is 1. The molecule has 0 saturated heterocycles. The second-order valence-electron chi connectivity index (χ2n) is 7.11. The van der Waals surface area contributed by atoms with E-state index in [1.807, 2.05) is 0 Å². The highest BCUT2D eigenvalue weighted by atomic mass is 19.4. The molecule has 3 aromatic rings. The van der Waals surface area contributed by atoms with E-state index in [2.05, 4.69) is 17.9 Å². The lowest BCUT2D eigenvalue weighted by molar-refractivity contribution is -0.141. The molecule has 0 fully saturated rings. The molecule has 3 rings (SSSR count). The van der Waals surface area contributed by atoms with Gasteiger partial charge in [-0.3, -0.25) is 0 Å². The molecule has 174 valence electrons. The standard InChI is InChI=1S/C26H19F3O5/c1-4-24(30)34-23-13-6-17(15-21(23)26(27,28)29)5-9-19-12-14-22(32-19)18-7-10-20(11-8-18)33-25(31)16(2)3/h4-15H,1-2H2,3H3. The first kappa shape index (κ1) is 24.3. The van der Waals surface area contributed by atoms with Crippen molar-refractivity contribution < 1.29 is 36.7 Å². The van der Waals surface area contributed by atoms with Crippen molar-refractivity contribution in [3.63, 3.8) is 0 Å². The first-order valence-corrected chi connectivity index (χ1v) is 9.88. The summed E-state index contributed by atoms with van der Waals surface area (Å²) in [5.74, 6) is -0.848. The Balaban J connectivity index is 1.77. The summed E-state index contributed by atoms with van der Waals surface area (Å²) in [5.41, 5.74) is 0.133. The molecule has 0 bridgehead atoms. The molecule has 0 aliphatic heterocycles. The minimum absolute atomic E-state index is 0.229. The van der Waals surface area contributed by atoms with Gasteiger partial charge in [-0.05, 0) is 67.1 Å². The van der Waals surface area contributed by atoms with Crippen molar-refractivity contribution in [2.45, 2.75) is 13.1 Å². The summed E-state index contributed by atoms with van der Waals surface area (Å²) in [6.07, 6.45) is -0.983. The van der Waals surface area contributed by atoms with Gasteiger partial charge < -0.3 is 13.9 Å². The van der Waals surface area contributed by atoms with Crippen molar-refractivity contribution in [3.05, 3.63) is 96.3 Å². The van der Waals surface area contributed by atoms with E-state index in [9.17, 15) is 22.8 Å². The Morgan fingerprint density at radius 1 is 0.971 bits per heavy atom. The first-order chi connectivity index (χ1) is 16.1. The zero-order chi connectivity index (χ0) is 24.9. The lowest BCUT2D eigenvalue weighted by Gasteiger charge is -2.12. The fourth-order valence-electron chi connectivity index (χ4n) is 2.77. The molecule has 0 saturated carbocycles. The van der Waals surface area contributed by atoms with E-state index >= 15 is 0 Å². The highest BCUT2D eigenvalue weighted by Crippen LogP contribution is 2.37. The average molecular weight is 468 g/mol. The van der Waals surface area contributed by atoms with Gasteiger partial charge in [0.1, 0.15) is 23.0 Å². The molecule has 1 heterocycles. The number of esters is 2. The molecule has 34 heavy (non-hydrogen) atoms. The zero-order valence-electron chi connectivity index (χ0n) is 18.0. The fourth-order valence-corrected chi connectivity index (χ4v) is 2.77. The third-order valence-electron chi connectivity index (χ3n) is 4.45. The Hall–Kier alpha value is -4.33. The van der Waals surface area contributed by atoms with Gasteiger partial charge in [-0.25, -0.2) is 9.59 Å². The molecular formula is C26H19F3O5. The topological polar surface area (TPSA) is 65.7 Å². The van der Waals surface area contributed by atoms with Gasteiger partial charge in [0.05, 0.1) is 5.56 Å². The highest BCUT2D eigenvalue weighted by Gasteiger charge is 2.35. The fraction of sp³-hybridized carbons (Fsp3) is 0.0769. The summed E-state index contributed by atoms with van der Waals surface area (Å²) in [7, 11) is 0. The van der Waals surface area contributed by atoms with E-state index in [0.717, 1.165) is 18.2 Å². The van der Waals surface area contributed by atoms with Crippen LogP contribution in [-0.4, -0.2) is 11.9 Å². The van der Waals surface area contributed by atoms with Gasteiger partial charge in [-0.15, -0.1) is 0 Å². The third kappa shape index (κ3) is 6.13. The van der Waals surface area contributed by atoms with Crippen LogP contribution in [0, 0.1) is 0 Å². The predicted octanol–water partition coefficient (Wildman–Crippen LogP) is 6.71. The third-order valence-corrected chi connectivity index (χ3v) is 4.45.